The van der Waals surface area contributed by atoms with E-state index in [1.807, 2.05) is 0 Å². The molecule has 4 heteroatoms. The molecule has 21 heavy (non-hydrogen) atoms. The van der Waals surface area contributed by atoms with Crippen molar-refractivity contribution in [2.24, 2.45) is 11.3 Å². The Balaban J connectivity index is 1.91. The normalized spacial score (nSPS) is 32.3. The van der Waals surface area contributed by atoms with Crippen LogP contribution in [0.5, 0.6) is 0 Å². The minimum atomic E-state index is 0.289. The molecule has 0 saturated carbocycles. The molecule has 1 N–H and O–H groups in total. The molecule has 2 fully saturated rings. The van der Waals surface area contributed by atoms with Gasteiger partial charge in [0.15, 0.2) is 0 Å². The maximum Gasteiger partial charge on any atom is 0.0673 e. The quantitative estimate of drug-likeness (QED) is 0.814. The van der Waals surface area contributed by atoms with Gasteiger partial charge in [0.05, 0.1) is 12.7 Å². The highest BCUT2D eigenvalue weighted by Gasteiger charge is 2.35. The minimum absolute atomic E-state index is 0.289. The van der Waals surface area contributed by atoms with Gasteiger partial charge in [-0.1, -0.05) is 13.8 Å². The SMILES string of the molecule is CC(C)CNCC1(CN2CCCOC(C)C2)CCCOC1. The second kappa shape index (κ2) is 8.47. The summed E-state index contributed by atoms with van der Waals surface area (Å²) < 4.78 is 11.6. The van der Waals surface area contributed by atoms with Crippen molar-refractivity contribution in [2.45, 2.75) is 46.1 Å². The van der Waals surface area contributed by atoms with Crippen molar-refractivity contribution in [3.8, 4) is 0 Å². The minimum Gasteiger partial charge on any atom is -0.381 e. The van der Waals surface area contributed by atoms with Gasteiger partial charge in [-0.25, -0.2) is 0 Å². The fraction of sp³-hybridized carbons (Fsp3) is 1.00. The molecule has 2 rings (SSSR count). The van der Waals surface area contributed by atoms with Gasteiger partial charge in [-0.05, 0) is 38.6 Å². The molecule has 124 valence electrons. The first-order valence-electron chi connectivity index (χ1n) is 8.72. The predicted molar refractivity (Wildman–Crippen MR) is 86.7 cm³/mol. The highest BCUT2D eigenvalue weighted by molar-refractivity contribution is 4.88. The van der Waals surface area contributed by atoms with Crippen molar-refractivity contribution in [1.82, 2.24) is 10.2 Å². The Bertz CT molecular complexity index is 291. The summed E-state index contributed by atoms with van der Waals surface area (Å²) in [5, 5.41) is 3.67. The van der Waals surface area contributed by atoms with Crippen LogP contribution >= 0.6 is 0 Å². The average molecular weight is 298 g/mol. The zero-order valence-corrected chi connectivity index (χ0v) is 14.2. The largest absolute Gasteiger partial charge is 0.381 e. The number of hydrogen-bond acceptors (Lipinski definition) is 4. The van der Waals surface area contributed by atoms with E-state index in [4.69, 9.17) is 9.47 Å². The Morgan fingerprint density at radius 1 is 1.29 bits per heavy atom. The van der Waals surface area contributed by atoms with Gasteiger partial charge >= 0.3 is 0 Å². The Morgan fingerprint density at radius 2 is 2.14 bits per heavy atom. The van der Waals surface area contributed by atoms with Crippen LogP contribution in [0.25, 0.3) is 0 Å². The fourth-order valence-corrected chi connectivity index (χ4v) is 3.55. The average Bonchev–Trinajstić information content (AvgIpc) is 2.63. The van der Waals surface area contributed by atoms with Gasteiger partial charge in [0.2, 0.25) is 0 Å². The maximum atomic E-state index is 5.84. The van der Waals surface area contributed by atoms with E-state index in [9.17, 15) is 0 Å². The van der Waals surface area contributed by atoms with E-state index in [0.29, 0.717) is 12.0 Å². The molecule has 0 amide bonds. The lowest BCUT2D eigenvalue weighted by molar-refractivity contribution is -0.0295. The van der Waals surface area contributed by atoms with Crippen LogP contribution in [0.15, 0.2) is 0 Å². The number of ether oxygens (including phenoxy) is 2. The standard InChI is InChI=1S/C17H34N2O2/c1-15(2)10-18-12-17(6-4-8-20-14-17)13-19-7-5-9-21-16(3)11-19/h15-16,18H,4-14H2,1-3H3. The molecule has 0 radical (unpaired) electrons. The molecule has 0 aliphatic carbocycles. The van der Waals surface area contributed by atoms with Crippen molar-refractivity contribution < 1.29 is 9.47 Å². The van der Waals surface area contributed by atoms with Crippen LogP contribution in [-0.2, 0) is 9.47 Å². The zero-order valence-electron chi connectivity index (χ0n) is 14.2. The molecule has 0 aromatic heterocycles. The molecule has 2 heterocycles. The summed E-state index contributed by atoms with van der Waals surface area (Å²) in [4.78, 5) is 2.60. The highest BCUT2D eigenvalue weighted by Crippen LogP contribution is 2.30. The van der Waals surface area contributed by atoms with Gasteiger partial charge in [-0.3, -0.25) is 4.90 Å². The highest BCUT2D eigenvalue weighted by atomic mass is 16.5. The Morgan fingerprint density at radius 3 is 2.86 bits per heavy atom. The third kappa shape index (κ3) is 5.85. The first-order chi connectivity index (χ1) is 10.1. The van der Waals surface area contributed by atoms with Crippen molar-refractivity contribution in [3.05, 3.63) is 0 Å². The van der Waals surface area contributed by atoms with Gasteiger partial charge in [0, 0.05) is 44.8 Å². The number of nitrogens with zero attached hydrogens (tertiary/aromatic N) is 1. The number of nitrogens with one attached hydrogen (secondary N) is 1. The lowest BCUT2D eigenvalue weighted by atomic mass is 9.81. The zero-order chi connectivity index (χ0) is 15.1. The Kier molecular flexibility index (Phi) is 6.93. The summed E-state index contributed by atoms with van der Waals surface area (Å²) in [6.45, 7) is 15.0. The first kappa shape index (κ1) is 17.2. The molecule has 0 aromatic carbocycles. The molecule has 4 nitrogen and oxygen atoms in total. The summed E-state index contributed by atoms with van der Waals surface area (Å²) in [5.41, 5.74) is 0.289. The summed E-state index contributed by atoms with van der Waals surface area (Å²) in [7, 11) is 0. The molecule has 0 bridgehead atoms. The van der Waals surface area contributed by atoms with Gasteiger partial charge < -0.3 is 14.8 Å². The molecule has 2 atom stereocenters. The molecule has 2 aliphatic heterocycles. The summed E-state index contributed by atoms with van der Waals surface area (Å²) in [6, 6.07) is 0. The number of rotatable bonds is 6. The third-order valence-corrected chi connectivity index (χ3v) is 4.55. The predicted octanol–water partition coefficient (Wildman–Crippen LogP) is 2.14. The van der Waals surface area contributed by atoms with Crippen molar-refractivity contribution in [3.63, 3.8) is 0 Å². The molecular formula is C17H34N2O2. The van der Waals surface area contributed by atoms with E-state index in [2.05, 4.69) is 31.0 Å². The Hall–Kier alpha value is -0.160. The van der Waals surface area contributed by atoms with Crippen LogP contribution in [0.2, 0.25) is 0 Å². The monoisotopic (exact) mass is 298 g/mol. The van der Waals surface area contributed by atoms with E-state index in [0.717, 1.165) is 59.0 Å². The first-order valence-corrected chi connectivity index (χ1v) is 8.72. The third-order valence-electron chi connectivity index (χ3n) is 4.55. The van der Waals surface area contributed by atoms with Crippen LogP contribution in [0.1, 0.15) is 40.0 Å². The van der Waals surface area contributed by atoms with Crippen LogP contribution in [-0.4, -0.2) is 63.5 Å². The topological polar surface area (TPSA) is 33.7 Å². The second-order valence-corrected chi connectivity index (χ2v) is 7.45. The second-order valence-electron chi connectivity index (χ2n) is 7.45. The lowest BCUT2D eigenvalue weighted by Crippen LogP contribution is -2.50. The van der Waals surface area contributed by atoms with E-state index in [1.165, 1.54) is 12.8 Å². The molecule has 2 saturated heterocycles. The van der Waals surface area contributed by atoms with Crippen LogP contribution < -0.4 is 5.32 Å². The Labute approximate surface area is 130 Å². The van der Waals surface area contributed by atoms with Crippen LogP contribution in [0.3, 0.4) is 0 Å². The van der Waals surface area contributed by atoms with Gasteiger partial charge in [0.25, 0.3) is 0 Å². The summed E-state index contributed by atoms with van der Waals surface area (Å²) in [6.07, 6.45) is 3.99. The smallest absolute Gasteiger partial charge is 0.0673 e. The molecule has 2 unspecified atom stereocenters. The van der Waals surface area contributed by atoms with Crippen LogP contribution in [0.4, 0.5) is 0 Å². The molecule has 0 spiro atoms. The van der Waals surface area contributed by atoms with Crippen molar-refractivity contribution in [1.29, 1.82) is 0 Å². The molecular weight excluding hydrogens is 264 g/mol. The van der Waals surface area contributed by atoms with Crippen molar-refractivity contribution in [2.75, 3.05) is 52.5 Å². The van der Waals surface area contributed by atoms with Gasteiger partial charge in [0.1, 0.15) is 0 Å². The van der Waals surface area contributed by atoms with Gasteiger partial charge in [-0.15, -0.1) is 0 Å². The van der Waals surface area contributed by atoms with E-state index in [1.54, 1.807) is 0 Å². The molecule has 0 aromatic rings. The number of hydrogen-bond donors (Lipinski definition) is 1. The van der Waals surface area contributed by atoms with Crippen molar-refractivity contribution >= 4 is 0 Å². The fourth-order valence-electron chi connectivity index (χ4n) is 3.55. The summed E-state index contributed by atoms with van der Waals surface area (Å²) >= 11 is 0. The summed E-state index contributed by atoms with van der Waals surface area (Å²) in [5.74, 6) is 0.707. The van der Waals surface area contributed by atoms with Gasteiger partial charge in [-0.2, -0.15) is 0 Å². The van der Waals surface area contributed by atoms with E-state index >= 15 is 0 Å². The maximum absolute atomic E-state index is 5.84. The van der Waals surface area contributed by atoms with E-state index < -0.39 is 0 Å². The van der Waals surface area contributed by atoms with Crippen LogP contribution in [0, 0.1) is 11.3 Å². The molecule has 2 aliphatic rings. The van der Waals surface area contributed by atoms with E-state index in [-0.39, 0.29) is 5.41 Å². The lowest BCUT2D eigenvalue weighted by Gasteiger charge is -2.41.